The number of carbonyl (C=O) groups excluding carboxylic acids is 1. The molecule has 3 heterocycles. The molecule has 3 aliphatic rings. The number of benzene rings is 1. The van der Waals surface area contributed by atoms with Crippen LogP contribution >= 0.6 is 0 Å². The lowest BCUT2D eigenvalue weighted by Gasteiger charge is -2.20. The topological polar surface area (TPSA) is 87.5 Å². The van der Waals surface area contributed by atoms with Crippen molar-refractivity contribution in [3.63, 3.8) is 0 Å². The molecule has 5 rings (SSSR count). The molecule has 1 aromatic heterocycles. The Balaban J connectivity index is 0.00000126. The maximum absolute atomic E-state index is 12.6. The van der Waals surface area contributed by atoms with Crippen molar-refractivity contribution >= 4 is 5.91 Å². The first-order valence-corrected chi connectivity index (χ1v) is 12.3. The highest BCUT2D eigenvalue weighted by molar-refractivity contribution is 5.94. The molecule has 33 heavy (non-hydrogen) atoms. The number of hydrogen-bond donors (Lipinski definition) is 1. The van der Waals surface area contributed by atoms with Crippen LogP contribution in [0.2, 0.25) is 0 Å². The molecule has 8 heteroatoms. The third-order valence-corrected chi connectivity index (χ3v) is 6.82. The van der Waals surface area contributed by atoms with Gasteiger partial charge in [-0.25, -0.2) is 4.68 Å². The predicted octanol–water partition coefficient (Wildman–Crippen LogP) is 3.57. The van der Waals surface area contributed by atoms with Gasteiger partial charge in [0.25, 0.3) is 5.91 Å². The maximum Gasteiger partial charge on any atom is 0.251 e. The van der Waals surface area contributed by atoms with Gasteiger partial charge in [0, 0.05) is 11.8 Å². The second kappa shape index (κ2) is 11.1. The summed E-state index contributed by atoms with van der Waals surface area (Å²) in [7, 11) is 1.60. The van der Waals surface area contributed by atoms with Crippen LogP contribution in [-0.2, 0) is 15.9 Å². The lowest BCUT2D eigenvalue weighted by Crippen LogP contribution is -2.44. The van der Waals surface area contributed by atoms with E-state index < -0.39 is 0 Å². The number of fused-ring (bicyclic) bond motifs is 1. The van der Waals surface area contributed by atoms with E-state index in [1.165, 1.54) is 32.1 Å². The molecule has 180 valence electrons. The predicted molar refractivity (Wildman–Crippen MR) is 124 cm³/mol. The smallest absolute Gasteiger partial charge is 0.251 e. The van der Waals surface area contributed by atoms with Gasteiger partial charge in [-0.15, -0.1) is 5.10 Å². The largest absolute Gasteiger partial charge is 0.497 e. The molecule has 1 aromatic carbocycles. The minimum atomic E-state index is -0.185. The zero-order valence-corrected chi connectivity index (χ0v) is 19.9. The first-order valence-electron chi connectivity index (χ1n) is 12.3. The number of amides is 1. The van der Waals surface area contributed by atoms with Gasteiger partial charge in [-0.1, -0.05) is 51.2 Å². The molecule has 2 saturated heterocycles. The number of nitrogens with zero attached hydrogens (tertiary/aromatic N) is 3. The van der Waals surface area contributed by atoms with Gasteiger partial charge in [0.1, 0.15) is 24.0 Å². The van der Waals surface area contributed by atoms with Crippen LogP contribution in [0, 0.1) is 5.92 Å². The summed E-state index contributed by atoms with van der Waals surface area (Å²) in [5, 5.41) is 11.9. The molecule has 0 spiro atoms. The first kappa shape index (κ1) is 23.7. The average Bonchev–Trinajstić information content (AvgIpc) is 3.59. The van der Waals surface area contributed by atoms with Gasteiger partial charge in [-0.2, -0.15) is 0 Å². The fourth-order valence-corrected chi connectivity index (χ4v) is 5.08. The van der Waals surface area contributed by atoms with Crippen molar-refractivity contribution < 1.29 is 19.0 Å². The van der Waals surface area contributed by atoms with Crippen LogP contribution in [-0.4, -0.2) is 59.5 Å². The lowest BCUT2D eigenvalue weighted by atomic mass is 9.86. The van der Waals surface area contributed by atoms with E-state index >= 15 is 0 Å². The van der Waals surface area contributed by atoms with Gasteiger partial charge in [0.15, 0.2) is 0 Å². The van der Waals surface area contributed by atoms with Crippen LogP contribution in [0.4, 0.5) is 0 Å². The quantitative estimate of drug-likeness (QED) is 0.715. The summed E-state index contributed by atoms with van der Waals surface area (Å²) in [4.78, 5) is 12.6. The summed E-state index contributed by atoms with van der Waals surface area (Å²) in [5.74, 6) is 1.31. The fourth-order valence-electron chi connectivity index (χ4n) is 5.08. The number of nitrogens with one attached hydrogen (secondary N) is 1. The minimum absolute atomic E-state index is 0.0134. The Labute approximate surface area is 196 Å². The number of ether oxygens (including phenoxy) is 3. The Morgan fingerprint density at radius 2 is 1.82 bits per heavy atom. The minimum Gasteiger partial charge on any atom is -0.497 e. The molecule has 1 amide bonds. The van der Waals surface area contributed by atoms with Crippen LogP contribution in [0.15, 0.2) is 30.5 Å². The lowest BCUT2D eigenvalue weighted by molar-refractivity contribution is 0.0613. The molecule has 4 unspecified atom stereocenters. The van der Waals surface area contributed by atoms with E-state index in [9.17, 15) is 4.79 Å². The Hall–Kier alpha value is -2.45. The number of carbonyl (C=O) groups is 1. The molecule has 0 bridgehead atoms. The summed E-state index contributed by atoms with van der Waals surface area (Å²) in [5.41, 5.74) is 1.64. The van der Waals surface area contributed by atoms with Crippen LogP contribution in [0.3, 0.4) is 0 Å². The first-order chi connectivity index (χ1) is 16.2. The molecule has 3 fully saturated rings. The zero-order chi connectivity index (χ0) is 23.2. The normalized spacial score (nSPS) is 26.9. The van der Waals surface area contributed by atoms with Crippen molar-refractivity contribution in [2.75, 3.05) is 20.3 Å². The van der Waals surface area contributed by atoms with E-state index in [0.717, 1.165) is 23.8 Å². The van der Waals surface area contributed by atoms with E-state index in [0.29, 0.717) is 18.8 Å². The highest BCUT2D eigenvalue weighted by atomic mass is 16.6. The Morgan fingerprint density at radius 1 is 1.09 bits per heavy atom. The number of hydrogen-bond acceptors (Lipinski definition) is 6. The highest BCUT2D eigenvalue weighted by Crippen LogP contribution is 2.34. The van der Waals surface area contributed by atoms with Gasteiger partial charge in [0.2, 0.25) is 0 Å². The number of rotatable bonds is 6. The summed E-state index contributed by atoms with van der Waals surface area (Å²) in [6, 6.07) is 6.86. The van der Waals surface area contributed by atoms with Gasteiger partial charge in [0.05, 0.1) is 32.1 Å². The molecule has 8 nitrogen and oxygen atoms in total. The van der Waals surface area contributed by atoms with Crippen LogP contribution < -0.4 is 10.1 Å². The van der Waals surface area contributed by atoms with E-state index in [1.807, 2.05) is 18.5 Å². The van der Waals surface area contributed by atoms with Crippen molar-refractivity contribution in [3.05, 3.63) is 41.7 Å². The van der Waals surface area contributed by atoms with E-state index in [-0.39, 0.29) is 30.2 Å². The van der Waals surface area contributed by atoms with Crippen molar-refractivity contribution in [1.29, 1.82) is 0 Å². The Bertz CT molecular complexity index is 894. The molecule has 0 radical (unpaired) electrons. The van der Waals surface area contributed by atoms with Crippen molar-refractivity contribution in [2.45, 2.75) is 76.7 Å². The summed E-state index contributed by atoms with van der Waals surface area (Å²) in [6.07, 6.45) is 9.35. The van der Waals surface area contributed by atoms with E-state index in [4.69, 9.17) is 14.2 Å². The third-order valence-electron chi connectivity index (χ3n) is 6.82. The zero-order valence-electron chi connectivity index (χ0n) is 19.9. The van der Waals surface area contributed by atoms with Crippen LogP contribution in [0.25, 0.3) is 0 Å². The summed E-state index contributed by atoms with van der Waals surface area (Å²) in [6.45, 7) is 4.94. The second-order valence-electron chi connectivity index (χ2n) is 8.87. The Morgan fingerprint density at radius 3 is 2.55 bits per heavy atom. The number of methoxy groups -OCH3 is 1. The average molecular weight is 457 g/mol. The standard InChI is InChI=1S/C23H30N4O4.C2H6/c1-29-18-9-7-16(8-10-18)23(28)24-19-13-30-22-20(14-31-21(19)22)27-12-17(25-26-27)11-15-5-3-2-4-6-15;1-2/h7-10,12,15,19-22H,2-6,11,13-14H2,1H3,(H,24,28);1-2H3. The van der Waals surface area contributed by atoms with Gasteiger partial charge in [-0.3, -0.25) is 4.79 Å². The fraction of sp³-hybridized carbons (Fsp3) is 0.640. The van der Waals surface area contributed by atoms with Gasteiger partial charge in [-0.05, 0) is 36.6 Å². The number of aromatic nitrogens is 3. The molecular formula is C25H36N4O4. The molecule has 1 aliphatic carbocycles. The van der Waals surface area contributed by atoms with Crippen molar-refractivity contribution in [1.82, 2.24) is 20.3 Å². The van der Waals surface area contributed by atoms with Crippen molar-refractivity contribution in [2.24, 2.45) is 5.92 Å². The van der Waals surface area contributed by atoms with Gasteiger partial charge < -0.3 is 19.5 Å². The summed E-state index contributed by atoms with van der Waals surface area (Å²) < 4.78 is 19.1. The van der Waals surface area contributed by atoms with Crippen LogP contribution in [0.1, 0.15) is 68.0 Å². The molecule has 1 N–H and O–H groups in total. The maximum atomic E-state index is 12.6. The Kier molecular flexibility index (Phi) is 7.98. The van der Waals surface area contributed by atoms with Gasteiger partial charge >= 0.3 is 0 Å². The third kappa shape index (κ3) is 5.38. The van der Waals surface area contributed by atoms with Crippen molar-refractivity contribution in [3.8, 4) is 5.75 Å². The second-order valence-corrected chi connectivity index (χ2v) is 8.87. The molecule has 4 atom stereocenters. The molecular weight excluding hydrogens is 420 g/mol. The molecule has 2 aliphatic heterocycles. The van der Waals surface area contributed by atoms with E-state index in [1.54, 1.807) is 31.4 Å². The molecule has 1 saturated carbocycles. The molecule has 2 aromatic rings. The highest BCUT2D eigenvalue weighted by Gasteiger charge is 2.49. The summed E-state index contributed by atoms with van der Waals surface area (Å²) >= 11 is 0. The van der Waals surface area contributed by atoms with Crippen LogP contribution in [0.5, 0.6) is 5.75 Å². The van der Waals surface area contributed by atoms with E-state index in [2.05, 4.69) is 21.8 Å². The monoisotopic (exact) mass is 456 g/mol. The SMILES string of the molecule is CC.COc1ccc(C(=O)NC2COC3C2OCC3n2cc(CC3CCCCC3)nn2)cc1.